The number of aryl methyl sites for hydroxylation is 2. The Labute approximate surface area is 142 Å². The lowest BCUT2D eigenvalue weighted by molar-refractivity contribution is 0.914. The minimum absolute atomic E-state index is 0.805. The summed E-state index contributed by atoms with van der Waals surface area (Å²) in [5.74, 6) is 0. The van der Waals surface area contributed by atoms with Gasteiger partial charge >= 0.3 is 0 Å². The van der Waals surface area contributed by atoms with E-state index in [-0.39, 0.29) is 0 Å². The van der Waals surface area contributed by atoms with Crippen molar-refractivity contribution in [3.8, 4) is 17.2 Å². The number of hydrogen-bond donors (Lipinski definition) is 0. The first-order valence-corrected chi connectivity index (χ1v) is 8.30. The van der Waals surface area contributed by atoms with Crippen LogP contribution in [0.4, 0.5) is 0 Å². The molecule has 0 radical (unpaired) electrons. The van der Waals surface area contributed by atoms with Crippen molar-refractivity contribution < 1.29 is 0 Å². The molecule has 0 saturated heterocycles. The van der Waals surface area contributed by atoms with E-state index >= 15 is 0 Å². The Hall–Kier alpha value is -2.92. The lowest BCUT2D eigenvalue weighted by Gasteiger charge is -2.09. The van der Waals surface area contributed by atoms with E-state index in [0.717, 1.165) is 36.1 Å². The summed E-state index contributed by atoms with van der Waals surface area (Å²) >= 11 is 0. The molecule has 1 heterocycles. The molecule has 0 spiro atoms. The van der Waals surface area contributed by atoms with E-state index in [1.807, 2.05) is 18.3 Å². The molecule has 0 saturated carbocycles. The number of rotatable bonds is 1. The maximum atomic E-state index is 9.36. The summed E-state index contributed by atoms with van der Waals surface area (Å²) in [7, 11) is 0. The Morgan fingerprint density at radius 1 is 0.958 bits per heavy atom. The van der Waals surface area contributed by atoms with E-state index in [9.17, 15) is 5.26 Å². The van der Waals surface area contributed by atoms with Gasteiger partial charge in [-0.1, -0.05) is 42.0 Å². The highest BCUT2D eigenvalue weighted by Crippen LogP contribution is 2.29. The molecule has 2 heteroatoms. The van der Waals surface area contributed by atoms with E-state index in [1.165, 1.54) is 27.8 Å². The van der Waals surface area contributed by atoms with Crippen molar-refractivity contribution in [2.75, 3.05) is 0 Å². The number of nitriles is 1. The third-order valence-electron chi connectivity index (χ3n) is 4.80. The summed E-state index contributed by atoms with van der Waals surface area (Å²) in [5, 5.41) is 9.36. The van der Waals surface area contributed by atoms with Gasteiger partial charge in [-0.2, -0.15) is 5.26 Å². The van der Waals surface area contributed by atoms with Gasteiger partial charge in [0, 0.05) is 17.5 Å². The number of fused-ring (bicyclic) bond motifs is 2. The number of nitrogens with zero attached hydrogens (tertiary/aromatic N) is 2. The van der Waals surface area contributed by atoms with Crippen molar-refractivity contribution in [2.24, 2.45) is 0 Å². The highest BCUT2D eigenvalue weighted by molar-refractivity contribution is 5.65. The SMILES string of the molecule is Cc1cccc(-c2cnc3c(c2)Cc2cccc(C#N)c2CC3)c1. The van der Waals surface area contributed by atoms with Crippen molar-refractivity contribution in [1.82, 2.24) is 4.98 Å². The van der Waals surface area contributed by atoms with E-state index in [0.29, 0.717) is 0 Å². The van der Waals surface area contributed by atoms with Crippen LogP contribution in [0, 0.1) is 18.3 Å². The Balaban J connectivity index is 1.78. The molecule has 0 unspecified atom stereocenters. The summed E-state index contributed by atoms with van der Waals surface area (Å²) in [6.07, 6.45) is 4.62. The highest BCUT2D eigenvalue weighted by atomic mass is 14.7. The molecule has 0 N–H and O–H groups in total. The molecule has 1 aliphatic carbocycles. The molecule has 0 bridgehead atoms. The second-order valence-corrected chi connectivity index (χ2v) is 6.43. The van der Waals surface area contributed by atoms with Gasteiger partial charge in [0.1, 0.15) is 0 Å². The number of hydrogen-bond acceptors (Lipinski definition) is 2. The predicted molar refractivity (Wildman–Crippen MR) is 95.8 cm³/mol. The van der Waals surface area contributed by atoms with Crippen LogP contribution in [-0.4, -0.2) is 4.98 Å². The van der Waals surface area contributed by atoms with Crippen LogP contribution >= 0.6 is 0 Å². The second kappa shape index (κ2) is 5.94. The number of pyridine rings is 1. The minimum atomic E-state index is 0.805. The van der Waals surface area contributed by atoms with Gasteiger partial charge in [-0.15, -0.1) is 0 Å². The molecule has 24 heavy (non-hydrogen) atoms. The van der Waals surface area contributed by atoms with Crippen molar-refractivity contribution >= 4 is 0 Å². The molecule has 1 aromatic heterocycles. The van der Waals surface area contributed by atoms with Crippen LogP contribution < -0.4 is 0 Å². The van der Waals surface area contributed by atoms with E-state index in [2.05, 4.69) is 49.4 Å². The maximum Gasteiger partial charge on any atom is 0.0994 e. The topological polar surface area (TPSA) is 36.7 Å². The highest BCUT2D eigenvalue weighted by Gasteiger charge is 2.17. The summed E-state index contributed by atoms with van der Waals surface area (Å²) in [6.45, 7) is 2.11. The average molecular weight is 310 g/mol. The van der Waals surface area contributed by atoms with E-state index in [1.54, 1.807) is 0 Å². The molecular formula is C22H18N2. The Morgan fingerprint density at radius 3 is 2.67 bits per heavy atom. The minimum Gasteiger partial charge on any atom is -0.260 e. The Bertz CT molecular complexity index is 964. The lowest BCUT2D eigenvalue weighted by atomic mass is 9.96. The van der Waals surface area contributed by atoms with Crippen LogP contribution in [0.1, 0.15) is 33.5 Å². The van der Waals surface area contributed by atoms with Crippen LogP contribution in [0.2, 0.25) is 0 Å². The second-order valence-electron chi connectivity index (χ2n) is 6.43. The van der Waals surface area contributed by atoms with Gasteiger partial charge < -0.3 is 0 Å². The molecule has 0 amide bonds. The van der Waals surface area contributed by atoms with Gasteiger partial charge in [-0.3, -0.25) is 4.98 Å². The Kier molecular flexibility index (Phi) is 3.63. The first kappa shape index (κ1) is 14.7. The zero-order valence-corrected chi connectivity index (χ0v) is 13.7. The fourth-order valence-electron chi connectivity index (χ4n) is 3.55. The van der Waals surface area contributed by atoms with Crippen LogP contribution in [0.3, 0.4) is 0 Å². The summed E-state index contributed by atoms with van der Waals surface area (Å²) in [4.78, 5) is 4.74. The number of aromatic nitrogens is 1. The molecule has 2 nitrogen and oxygen atoms in total. The molecule has 4 rings (SSSR count). The molecule has 2 aromatic carbocycles. The molecule has 0 fully saturated rings. The molecular weight excluding hydrogens is 292 g/mol. The normalized spacial score (nSPS) is 12.7. The zero-order valence-electron chi connectivity index (χ0n) is 13.7. The lowest BCUT2D eigenvalue weighted by Crippen LogP contribution is -1.97. The van der Waals surface area contributed by atoms with E-state index in [4.69, 9.17) is 4.98 Å². The van der Waals surface area contributed by atoms with Gasteiger partial charge in [0.15, 0.2) is 0 Å². The van der Waals surface area contributed by atoms with Crippen LogP contribution in [-0.2, 0) is 19.3 Å². The molecule has 0 atom stereocenters. The van der Waals surface area contributed by atoms with Crippen molar-refractivity contribution in [3.05, 3.63) is 88.2 Å². The van der Waals surface area contributed by atoms with Gasteiger partial charge in [-0.25, -0.2) is 0 Å². The van der Waals surface area contributed by atoms with Gasteiger partial charge in [0.05, 0.1) is 11.6 Å². The van der Waals surface area contributed by atoms with E-state index < -0.39 is 0 Å². The van der Waals surface area contributed by atoms with Crippen molar-refractivity contribution in [3.63, 3.8) is 0 Å². The fraction of sp³-hybridized carbons (Fsp3) is 0.182. The summed E-state index contributed by atoms with van der Waals surface area (Å²) in [6, 6.07) is 19.2. The largest absolute Gasteiger partial charge is 0.260 e. The van der Waals surface area contributed by atoms with Gasteiger partial charge in [0.2, 0.25) is 0 Å². The monoisotopic (exact) mass is 310 g/mol. The smallest absolute Gasteiger partial charge is 0.0994 e. The van der Waals surface area contributed by atoms with Crippen LogP contribution in [0.5, 0.6) is 0 Å². The van der Waals surface area contributed by atoms with Crippen LogP contribution in [0.25, 0.3) is 11.1 Å². The van der Waals surface area contributed by atoms with Crippen molar-refractivity contribution in [1.29, 1.82) is 5.26 Å². The van der Waals surface area contributed by atoms with Crippen LogP contribution in [0.15, 0.2) is 54.7 Å². The molecule has 116 valence electrons. The first-order valence-electron chi connectivity index (χ1n) is 8.30. The number of benzene rings is 2. The van der Waals surface area contributed by atoms with Gasteiger partial charge in [0.25, 0.3) is 0 Å². The standard InChI is InChI=1S/C22H18N2/c1-15-4-2-5-16(10-15)20-12-19-11-17-6-3-7-18(13-23)21(17)8-9-22(19)24-14-20/h2-7,10,12,14H,8-9,11H2,1H3. The third-order valence-corrected chi connectivity index (χ3v) is 4.80. The third kappa shape index (κ3) is 2.59. The molecule has 3 aromatic rings. The predicted octanol–water partition coefficient (Wildman–Crippen LogP) is 4.62. The molecule has 1 aliphatic rings. The fourth-order valence-corrected chi connectivity index (χ4v) is 3.55. The zero-order chi connectivity index (χ0) is 16.5. The average Bonchev–Trinajstić information content (AvgIpc) is 2.80. The van der Waals surface area contributed by atoms with Gasteiger partial charge in [-0.05, 0) is 60.6 Å². The Morgan fingerprint density at radius 2 is 1.83 bits per heavy atom. The maximum absolute atomic E-state index is 9.36. The van der Waals surface area contributed by atoms with Crippen molar-refractivity contribution in [2.45, 2.75) is 26.2 Å². The quantitative estimate of drug-likeness (QED) is 0.657. The first-order chi connectivity index (χ1) is 11.7. The molecule has 0 aliphatic heterocycles. The summed E-state index contributed by atoms with van der Waals surface area (Å²) in [5.41, 5.74) is 9.32. The summed E-state index contributed by atoms with van der Waals surface area (Å²) < 4.78 is 0.